The fourth-order valence-corrected chi connectivity index (χ4v) is 1.92. The number of carbonyl (C=O) groups is 1. The smallest absolute Gasteiger partial charge is 0.356 e. The largest absolute Gasteiger partial charge is 0.476 e. The molecule has 1 aromatic rings. The summed E-state index contributed by atoms with van der Waals surface area (Å²) >= 11 is 0. The van der Waals surface area contributed by atoms with E-state index in [-0.39, 0.29) is 17.8 Å². The van der Waals surface area contributed by atoms with Gasteiger partial charge in [-0.15, -0.1) is 0 Å². The molecule has 0 unspecified atom stereocenters. The van der Waals surface area contributed by atoms with Gasteiger partial charge in [-0.2, -0.15) is 0 Å². The lowest BCUT2D eigenvalue weighted by molar-refractivity contribution is 0.0690. The molecule has 0 amide bonds. The van der Waals surface area contributed by atoms with Crippen molar-refractivity contribution in [3.05, 3.63) is 18.1 Å². The molecule has 6 nitrogen and oxygen atoms in total. The van der Waals surface area contributed by atoms with Crippen molar-refractivity contribution in [2.75, 3.05) is 11.9 Å². The Hall–Kier alpha value is -1.69. The van der Waals surface area contributed by atoms with Gasteiger partial charge in [0.05, 0.1) is 24.5 Å². The summed E-state index contributed by atoms with van der Waals surface area (Å²) in [5, 5.41) is 11.9. The third-order valence-electron chi connectivity index (χ3n) is 2.82. The van der Waals surface area contributed by atoms with E-state index < -0.39 is 5.97 Å². The van der Waals surface area contributed by atoms with E-state index in [1.807, 2.05) is 0 Å². The second-order valence-corrected chi connectivity index (χ2v) is 3.95. The molecule has 0 radical (unpaired) electrons. The zero-order valence-corrected chi connectivity index (χ0v) is 9.59. The Balaban J connectivity index is 2.01. The minimum atomic E-state index is -1.07. The normalized spacial score (nSPS) is 23.6. The third kappa shape index (κ3) is 2.71. The van der Waals surface area contributed by atoms with Gasteiger partial charge in [0.2, 0.25) is 0 Å². The van der Waals surface area contributed by atoms with Crippen LogP contribution in [-0.4, -0.2) is 39.8 Å². The standard InChI is InChI=1S/C11H15N3O3/c1-2-9-7(3-4-17-9)14-10-6-12-8(5-13-10)11(15)16/h5-7,9H,2-4H2,1H3,(H,13,14)(H,15,16)/t7-,9+/m1/s1. The predicted molar refractivity (Wildman–Crippen MR) is 61.1 cm³/mol. The van der Waals surface area contributed by atoms with Crippen LogP contribution in [0.2, 0.25) is 0 Å². The number of hydrogen-bond donors (Lipinski definition) is 2. The Morgan fingerprint density at radius 1 is 1.59 bits per heavy atom. The molecular weight excluding hydrogens is 222 g/mol. The molecule has 2 N–H and O–H groups in total. The molecule has 0 bridgehead atoms. The second-order valence-electron chi connectivity index (χ2n) is 3.95. The van der Waals surface area contributed by atoms with Crippen LogP contribution in [0.25, 0.3) is 0 Å². The molecular formula is C11H15N3O3. The monoisotopic (exact) mass is 237 g/mol. The van der Waals surface area contributed by atoms with Crippen LogP contribution in [0.5, 0.6) is 0 Å². The van der Waals surface area contributed by atoms with Crippen molar-refractivity contribution in [1.29, 1.82) is 0 Å². The van der Waals surface area contributed by atoms with Crippen LogP contribution in [0.15, 0.2) is 12.4 Å². The number of nitrogens with zero attached hydrogens (tertiary/aromatic N) is 2. The van der Waals surface area contributed by atoms with Crippen molar-refractivity contribution < 1.29 is 14.6 Å². The molecule has 1 aliphatic rings. The molecule has 17 heavy (non-hydrogen) atoms. The summed E-state index contributed by atoms with van der Waals surface area (Å²) in [6, 6.07) is 0.227. The third-order valence-corrected chi connectivity index (χ3v) is 2.82. The van der Waals surface area contributed by atoms with E-state index in [9.17, 15) is 4.79 Å². The van der Waals surface area contributed by atoms with Gasteiger partial charge in [0, 0.05) is 6.61 Å². The van der Waals surface area contributed by atoms with Gasteiger partial charge in [0.15, 0.2) is 5.69 Å². The lowest BCUT2D eigenvalue weighted by Gasteiger charge is -2.18. The first-order valence-electron chi connectivity index (χ1n) is 5.64. The molecule has 1 saturated heterocycles. The summed E-state index contributed by atoms with van der Waals surface area (Å²) in [5.74, 6) is -0.483. The van der Waals surface area contributed by atoms with E-state index in [1.165, 1.54) is 12.4 Å². The number of ether oxygens (including phenoxy) is 1. The minimum absolute atomic E-state index is 0.0507. The maximum atomic E-state index is 10.6. The number of hydrogen-bond acceptors (Lipinski definition) is 5. The number of anilines is 1. The number of carboxylic acids is 1. The van der Waals surface area contributed by atoms with Gasteiger partial charge in [-0.1, -0.05) is 6.92 Å². The van der Waals surface area contributed by atoms with Crippen LogP contribution >= 0.6 is 0 Å². The summed E-state index contributed by atoms with van der Waals surface area (Å²) in [7, 11) is 0. The van der Waals surface area contributed by atoms with E-state index in [4.69, 9.17) is 9.84 Å². The molecule has 1 fully saturated rings. The molecule has 0 saturated carbocycles. The van der Waals surface area contributed by atoms with Crippen LogP contribution in [0, 0.1) is 0 Å². The predicted octanol–water partition coefficient (Wildman–Crippen LogP) is 1.15. The zero-order valence-electron chi connectivity index (χ0n) is 9.59. The molecule has 1 aromatic heterocycles. The highest BCUT2D eigenvalue weighted by Gasteiger charge is 2.26. The van der Waals surface area contributed by atoms with Crippen LogP contribution in [0.1, 0.15) is 30.3 Å². The lowest BCUT2D eigenvalue weighted by Crippen LogP contribution is -2.29. The Morgan fingerprint density at radius 2 is 2.41 bits per heavy atom. The fourth-order valence-electron chi connectivity index (χ4n) is 1.92. The van der Waals surface area contributed by atoms with E-state index >= 15 is 0 Å². The Morgan fingerprint density at radius 3 is 3.00 bits per heavy atom. The van der Waals surface area contributed by atoms with Gasteiger partial charge in [-0.3, -0.25) is 0 Å². The lowest BCUT2D eigenvalue weighted by atomic mass is 10.1. The first-order valence-corrected chi connectivity index (χ1v) is 5.64. The van der Waals surface area contributed by atoms with Crippen molar-refractivity contribution in [3.8, 4) is 0 Å². The molecule has 0 spiro atoms. The number of rotatable bonds is 4. The Labute approximate surface area is 99.0 Å². The molecule has 0 aliphatic carbocycles. The van der Waals surface area contributed by atoms with Crippen molar-refractivity contribution >= 4 is 11.8 Å². The van der Waals surface area contributed by atoms with Crippen molar-refractivity contribution in [2.45, 2.75) is 31.9 Å². The van der Waals surface area contributed by atoms with Gasteiger partial charge in [-0.05, 0) is 12.8 Å². The van der Waals surface area contributed by atoms with Gasteiger partial charge in [0.1, 0.15) is 5.82 Å². The quantitative estimate of drug-likeness (QED) is 0.817. The van der Waals surface area contributed by atoms with Crippen LogP contribution in [-0.2, 0) is 4.74 Å². The highest BCUT2D eigenvalue weighted by molar-refractivity contribution is 5.84. The van der Waals surface area contributed by atoms with Crippen LogP contribution in [0.4, 0.5) is 5.82 Å². The molecule has 2 atom stereocenters. The molecule has 2 heterocycles. The summed E-state index contributed by atoms with van der Waals surface area (Å²) < 4.78 is 5.54. The van der Waals surface area contributed by atoms with Gasteiger partial charge in [0.25, 0.3) is 0 Å². The second kappa shape index (κ2) is 5.09. The SMILES string of the molecule is CC[C@@H]1OCC[C@H]1Nc1cnc(C(=O)O)cn1. The van der Waals surface area contributed by atoms with E-state index in [1.54, 1.807) is 0 Å². The number of carboxylic acid groups (broad SMARTS) is 1. The average Bonchev–Trinajstić information content (AvgIpc) is 2.77. The molecule has 1 aliphatic heterocycles. The van der Waals surface area contributed by atoms with Gasteiger partial charge in [-0.25, -0.2) is 14.8 Å². The van der Waals surface area contributed by atoms with Crippen LogP contribution < -0.4 is 5.32 Å². The summed E-state index contributed by atoms with van der Waals surface area (Å²) in [6.45, 7) is 2.82. The number of aromatic nitrogens is 2. The topological polar surface area (TPSA) is 84.3 Å². The average molecular weight is 237 g/mol. The minimum Gasteiger partial charge on any atom is -0.476 e. The van der Waals surface area contributed by atoms with E-state index in [2.05, 4.69) is 22.2 Å². The summed E-state index contributed by atoms with van der Waals surface area (Å²) in [5.41, 5.74) is -0.0507. The molecule has 0 aromatic carbocycles. The molecule has 92 valence electrons. The summed E-state index contributed by atoms with van der Waals surface area (Å²) in [6.07, 6.45) is 4.76. The van der Waals surface area contributed by atoms with E-state index in [0.29, 0.717) is 5.82 Å². The van der Waals surface area contributed by atoms with Crippen molar-refractivity contribution in [1.82, 2.24) is 9.97 Å². The Kier molecular flexibility index (Phi) is 3.53. The highest BCUT2D eigenvalue weighted by Crippen LogP contribution is 2.19. The van der Waals surface area contributed by atoms with Gasteiger partial charge < -0.3 is 15.2 Å². The van der Waals surface area contributed by atoms with E-state index in [0.717, 1.165) is 19.4 Å². The Bertz CT molecular complexity index is 393. The highest BCUT2D eigenvalue weighted by atomic mass is 16.5. The molecule has 2 rings (SSSR count). The number of nitrogens with one attached hydrogen (secondary N) is 1. The first-order chi connectivity index (χ1) is 8.20. The molecule has 6 heteroatoms. The maximum absolute atomic E-state index is 10.6. The van der Waals surface area contributed by atoms with Gasteiger partial charge >= 0.3 is 5.97 Å². The van der Waals surface area contributed by atoms with Crippen molar-refractivity contribution in [2.24, 2.45) is 0 Å². The van der Waals surface area contributed by atoms with Crippen molar-refractivity contribution in [3.63, 3.8) is 0 Å². The van der Waals surface area contributed by atoms with Crippen LogP contribution in [0.3, 0.4) is 0 Å². The first kappa shape index (κ1) is 11.8. The fraction of sp³-hybridized carbons (Fsp3) is 0.545. The number of aromatic carboxylic acids is 1. The maximum Gasteiger partial charge on any atom is 0.356 e. The summed E-state index contributed by atoms with van der Waals surface area (Å²) in [4.78, 5) is 18.4. The zero-order chi connectivity index (χ0) is 12.3.